The number of nitrogens with one attached hydrogen (secondary N) is 1. The van der Waals surface area contributed by atoms with Gasteiger partial charge in [-0.05, 0) is 43.4 Å². The van der Waals surface area contributed by atoms with Gasteiger partial charge in [0.1, 0.15) is 11.8 Å². The Kier molecular flexibility index (Phi) is 4.38. The fraction of sp³-hybridized carbons (Fsp3) is 0.529. The second-order valence-corrected chi connectivity index (χ2v) is 6.51. The van der Waals surface area contributed by atoms with Crippen LogP contribution < -0.4 is 10.1 Å². The lowest BCUT2D eigenvalue weighted by Gasteiger charge is -2.26. The summed E-state index contributed by atoms with van der Waals surface area (Å²) in [5, 5.41) is 2.98. The molecule has 1 aromatic carbocycles. The highest BCUT2D eigenvalue weighted by atomic mass is 19.4. The normalized spacial score (nSPS) is 21.8. The Morgan fingerprint density at radius 3 is 2.40 bits per heavy atom. The van der Waals surface area contributed by atoms with Crippen molar-refractivity contribution in [2.24, 2.45) is 0 Å². The molecule has 0 spiro atoms. The van der Waals surface area contributed by atoms with Gasteiger partial charge in [-0.15, -0.1) is 13.2 Å². The van der Waals surface area contributed by atoms with Crippen molar-refractivity contribution >= 4 is 11.8 Å². The summed E-state index contributed by atoms with van der Waals surface area (Å²) < 4.78 is 40.5. The molecule has 1 N–H and O–H groups in total. The molecular formula is C17H19F3N2O3. The van der Waals surface area contributed by atoms with Crippen LogP contribution in [0.4, 0.5) is 13.2 Å². The van der Waals surface area contributed by atoms with Crippen molar-refractivity contribution in [2.75, 3.05) is 6.54 Å². The first-order chi connectivity index (χ1) is 11.7. The van der Waals surface area contributed by atoms with Gasteiger partial charge >= 0.3 is 6.36 Å². The van der Waals surface area contributed by atoms with E-state index in [-0.39, 0.29) is 17.6 Å². The average Bonchev–Trinajstić information content (AvgIpc) is 3.11. The van der Waals surface area contributed by atoms with Crippen molar-refractivity contribution < 1.29 is 27.5 Å². The number of halogens is 3. The number of carbonyl (C=O) groups excluding carboxylic acids is 2. The number of alkyl halides is 3. The van der Waals surface area contributed by atoms with Gasteiger partial charge in [-0.25, -0.2) is 0 Å². The van der Waals surface area contributed by atoms with E-state index >= 15 is 0 Å². The fourth-order valence-electron chi connectivity index (χ4n) is 3.32. The van der Waals surface area contributed by atoms with Gasteiger partial charge in [-0.1, -0.05) is 12.1 Å². The standard InChI is InChI=1S/C17H19F3N2O3/c1-11(23)22-10-2-3-14(22)15(24)21-16(8-9-16)12-4-6-13(7-5-12)25-17(18,19)20/h4-7,14H,2-3,8-10H2,1H3,(H,21,24)/t14-/m1/s1. The van der Waals surface area contributed by atoms with E-state index in [1.807, 2.05) is 0 Å². The highest BCUT2D eigenvalue weighted by molar-refractivity contribution is 5.88. The average molecular weight is 356 g/mol. The molecule has 25 heavy (non-hydrogen) atoms. The van der Waals surface area contributed by atoms with Crippen LogP contribution in [0.1, 0.15) is 38.2 Å². The molecule has 0 aromatic heterocycles. The molecule has 0 bridgehead atoms. The van der Waals surface area contributed by atoms with Crippen LogP contribution in [0.25, 0.3) is 0 Å². The van der Waals surface area contributed by atoms with Crippen LogP contribution in [-0.4, -0.2) is 35.7 Å². The maximum Gasteiger partial charge on any atom is 0.573 e. The highest BCUT2D eigenvalue weighted by Crippen LogP contribution is 2.46. The van der Waals surface area contributed by atoms with Crippen LogP contribution >= 0.6 is 0 Å². The van der Waals surface area contributed by atoms with E-state index in [9.17, 15) is 22.8 Å². The minimum Gasteiger partial charge on any atom is -0.406 e. The third-order valence-corrected chi connectivity index (χ3v) is 4.71. The monoisotopic (exact) mass is 356 g/mol. The van der Waals surface area contributed by atoms with E-state index in [4.69, 9.17) is 0 Å². The minimum absolute atomic E-state index is 0.129. The molecule has 5 nitrogen and oxygen atoms in total. The van der Waals surface area contributed by atoms with Crippen molar-refractivity contribution in [1.29, 1.82) is 0 Å². The van der Waals surface area contributed by atoms with Crippen molar-refractivity contribution in [3.05, 3.63) is 29.8 Å². The summed E-state index contributed by atoms with van der Waals surface area (Å²) in [6.45, 7) is 2.02. The van der Waals surface area contributed by atoms with Gasteiger partial charge in [0.25, 0.3) is 0 Å². The number of amides is 2. The number of ether oxygens (including phenoxy) is 1. The molecule has 8 heteroatoms. The van der Waals surface area contributed by atoms with Gasteiger partial charge in [-0.2, -0.15) is 0 Å². The fourth-order valence-corrected chi connectivity index (χ4v) is 3.32. The first kappa shape index (κ1) is 17.6. The smallest absolute Gasteiger partial charge is 0.406 e. The van der Waals surface area contributed by atoms with Crippen LogP contribution in [0.3, 0.4) is 0 Å². The Hall–Kier alpha value is -2.25. The summed E-state index contributed by atoms with van der Waals surface area (Å²) >= 11 is 0. The summed E-state index contributed by atoms with van der Waals surface area (Å²) in [7, 11) is 0. The van der Waals surface area contributed by atoms with E-state index in [0.29, 0.717) is 25.8 Å². The number of benzene rings is 1. The van der Waals surface area contributed by atoms with Crippen molar-refractivity contribution in [2.45, 2.75) is 50.6 Å². The Morgan fingerprint density at radius 2 is 1.88 bits per heavy atom. The Balaban J connectivity index is 1.68. The number of rotatable bonds is 4. The molecule has 1 saturated carbocycles. The zero-order valence-electron chi connectivity index (χ0n) is 13.7. The molecule has 2 aliphatic rings. The van der Waals surface area contributed by atoms with Gasteiger partial charge in [0.05, 0.1) is 5.54 Å². The van der Waals surface area contributed by atoms with E-state index < -0.39 is 17.9 Å². The third kappa shape index (κ3) is 3.88. The highest BCUT2D eigenvalue weighted by Gasteiger charge is 2.47. The van der Waals surface area contributed by atoms with Crippen LogP contribution in [0, 0.1) is 0 Å². The second kappa shape index (κ2) is 6.24. The molecule has 1 aliphatic carbocycles. The number of likely N-dealkylation sites (tertiary alicyclic amines) is 1. The Bertz CT molecular complexity index is 669. The van der Waals surface area contributed by atoms with Crippen LogP contribution in [0.5, 0.6) is 5.75 Å². The van der Waals surface area contributed by atoms with Gasteiger partial charge in [0.15, 0.2) is 0 Å². The SMILES string of the molecule is CC(=O)N1CCC[C@@H]1C(=O)NC1(c2ccc(OC(F)(F)F)cc2)CC1. The third-order valence-electron chi connectivity index (χ3n) is 4.71. The maximum absolute atomic E-state index is 12.6. The molecule has 3 rings (SSSR count). The van der Waals surface area contributed by atoms with Gasteiger partial charge < -0.3 is 15.0 Å². The first-order valence-corrected chi connectivity index (χ1v) is 8.16. The van der Waals surface area contributed by atoms with E-state index in [0.717, 1.165) is 12.0 Å². The number of hydrogen-bond donors (Lipinski definition) is 1. The number of carbonyl (C=O) groups is 2. The summed E-state index contributed by atoms with van der Waals surface area (Å²) in [6.07, 6.45) is -1.89. The van der Waals surface area contributed by atoms with Gasteiger partial charge in [0, 0.05) is 13.5 Å². The summed E-state index contributed by atoms with van der Waals surface area (Å²) in [6, 6.07) is 5.08. The molecule has 1 aromatic rings. The molecule has 1 saturated heterocycles. The van der Waals surface area contributed by atoms with E-state index in [2.05, 4.69) is 10.1 Å². The predicted molar refractivity (Wildman–Crippen MR) is 82.6 cm³/mol. The number of hydrogen-bond acceptors (Lipinski definition) is 3. The Morgan fingerprint density at radius 1 is 1.24 bits per heavy atom. The lowest BCUT2D eigenvalue weighted by Crippen LogP contribution is -2.48. The molecule has 0 radical (unpaired) electrons. The molecule has 1 aliphatic heterocycles. The largest absolute Gasteiger partial charge is 0.573 e. The summed E-state index contributed by atoms with van der Waals surface area (Å²) in [5.74, 6) is -0.631. The zero-order valence-corrected chi connectivity index (χ0v) is 13.7. The van der Waals surface area contributed by atoms with Gasteiger partial charge in [0.2, 0.25) is 11.8 Å². The van der Waals surface area contributed by atoms with Gasteiger partial charge in [-0.3, -0.25) is 9.59 Å². The summed E-state index contributed by atoms with van der Waals surface area (Å²) in [5.41, 5.74) is 0.182. The van der Waals surface area contributed by atoms with E-state index in [1.165, 1.54) is 31.2 Å². The van der Waals surface area contributed by atoms with Crippen LogP contribution in [0.2, 0.25) is 0 Å². The molecule has 0 unspecified atom stereocenters. The van der Waals surface area contributed by atoms with Crippen molar-refractivity contribution in [3.8, 4) is 5.75 Å². The number of nitrogens with zero attached hydrogens (tertiary/aromatic N) is 1. The topological polar surface area (TPSA) is 58.6 Å². The van der Waals surface area contributed by atoms with Crippen LogP contribution in [-0.2, 0) is 15.1 Å². The lowest BCUT2D eigenvalue weighted by molar-refractivity contribution is -0.274. The molecule has 1 heterocycles. The Labute approximate surface area is 143 Å². The van der Waals surface area contributed by atoms with Crippen molar-refractivity contribution in [1.82, 2.24) is 10.2 Å². The summed E-state index contributed by atoms with van der Waals surface area (Å²) in [4.78, 5) is 25.7. The first-order valence-electron chi connectivity index (χ1n) is 8.16. The van der Waals surface area contributed by atoms with Crippen LogP contribution in [0.15, 0.2) is 24.3 Å². The van der Waals surface area contributed by atoms with E-state index in [1.54, 1.807) is 4.90 Å². The molecule has 2 fully saturated rings. The zero-order chi connectivity index (χ0) is 18.2. The quantitative estimate of drug-likeness (QED) is 0.902. The molecule has 136 valence electrons. The minimum atomic E-state index is -4.73. The molecule has 1 atom stereocenters. The lowest BCUT2D eigenvalue weighted by atomic mass is 10.0. The molecule has 2 amide bonds. The maximum atomic E-state index is 12.6. The predicted octanol–water partition coefficient (Wildman–Crippen LogP) is 2.70. The van der Waals surface area contributed by atoms with Crippen molar-refractivity contribution in [3.63, 3.8) is 0 Å². The molecular weight excluding hydrogens is 337 g/mol. The second-order valence-electron chi connectivity index (χ2n) is 6.51.